The molecule has 0 aliphatic heterocycles. The van der Waals surface area contributed by atoms with E-state index in [4.69, 9.17) is 11.6 Å². The number of alkyl halides is 1. The van der Waals surface area contributed by atoms with Gasteiger partial charge < -0.3 is 0 Å². The van der Waals surface area contributed by atoms with Crippen molar-refractivity contribution in [2.45, 2.75) is 32.4 Å². The van der Waals surface area contributed by atoms with Crippen LogP contribution in [0.5, 0.6) is 0 Å². The molecule has 0 N–H and O–H groups in total. The summed E-state index contributed by atoms with van der Waals surface area (Å²) < 4.78 is 0. The van der Waals surface area contributed by atoms with Crippen LogP contribution in [0.25, 0.3) is 0 Å². The van der Waals surface area contributed by atoms with Gasteiger partial charge in [0.1, 0.15) is 0 Å². The minimum absolute atomic E-state index is 0.427. The zero-order valence-electron chi connectivity index (χ0n) is 5.78. The van der Waals surface area contributed by atoms with Gasteiger partial charge in [0.25, 0.3) is 0 Å². The summed E-state index contributed by atoms with van der Waals surface area (Å²) in [5.74, 6) is 0. The predicted molar refractivity (Wildman–Crippen MR) is 43.4 cm³/mol. The largest absolute Gasteiger partial charge is 0.131 e. The minimum atomic E-state index is -0.427. The predicted octanol–water partition coefficient (Wildman–Crippen LogP) is 2.42. The maximum atomic E-state index is 5.71. The fourth-order valence-electron chi connectivity index (χ4n) is 0.799. The molecule has 0 saturated carbocycles. The summed E-state index contributed by atoms with van der Waals surface area (Å²) in [6.45, 7) is 4.50. The van der Waals surface area contributed by atoms with Crippen molar-refractivity contribution in [1.82, 2.24) is 0 Å². The van der Waals surface area contributed by atoms with Gasteiger partial charge in [0.15, 0.2) is 0 Å². The second-order valence-electron chi connectivity index (χ2n) is 2.22. The van der Waals surface area contributed by atoms with Crippen molar-refractivity contribution in [1.29, 1.82) is 0 Å². The summed E-state index contributed by atoms with van der Waals surface area (Å²) in [6.07, 6.45) is 1.33. The molecule has 1 atom stereocenters. The van der Waals surface area contributed by atoms with Crippen LogP contribution in [0.4, 0.5) is 0 Å². The zero-order chi connectivity index (χ0) is 6.41. The molecule has 0 fully saturated rings. The van der Waals surface area contributed by atoms with E-state index in [-0.39, 0.29) is 0 Å². The van der Waals surface area contributed by atoms with Crippen LogP contribution < -0.4 is 0 Å². The van der Waals surface area contributed by atoms with Crippen LogP contribution in [0.15, 0.2) is 0 Å². The van der Waals surface area contributed by atoms with Crippen LogP contribution in [0, 0.1) is 0 Å². The summed E-state index contributed by atoms with van der Waals surface area (Å²) in [5, 5.41) is 0. The van der Waals surface area contributed by atoms with Crippen LogP contribution >= 0.6 is 11.6 Å². The van der Waals surface area contributed by atoms with Gasteiger partial charge >= 0.3 is 0 Å². The summed E-state index contributed by atoms with van der Waals surface area (Å²) in [4.78, 5) is 0. The minimum Gasteiger partial charge on any atom is -0.131 e. The van der Waals surface area contributed by atoms with E-state index in [9.17, 15) is 0 Å². The molecule has 0 aliphatic rings. The third kappa shape index (κ3) is 3.50. The maximum absolute atomic E-state index is 5.71. The van der Waals surface area contributed by atoms with E-state index in [0.29, 0.717) is 0 Å². The molecule has 50 valence electrons. The highest BCUT2D eigenvalue weighted by molar-refractivity contribution is 6.67. The van der Waals surface area contributed by atoms with Gasteiger partial charge in [-0.1, -0.05) is 32.4 Å². The van der Waals surface area contributed by atoms with Crippen LogP contribution in [0.2, 0.25) is 12.1 Å². The summed E-state index contributed by atoms with van der Waals surface area (Å²) >= 11 is 5.71. The molecule has 0 saturated heterocycles. The first kappa shape index (κ1) is 8.51. The average molecular weight is 151 g/mol. The lowest BCUT2D eigenvalue weighted by Gasteiger charge is -2.04. The van der Waals surface area contributed by atoms with Crippen LogP contribution in [0.3, 0.4) is 0 Å². The van der Waals surface area contributed by atoms with Crippen LogP contribution in [-0.2, 0) is 0 Å². The Morgan fingerprint density at radius 2 is 2.00 bits per heavy atom. The van der Waals surface area contributed by atoms with Crippen molar-refractivity contribution >= 4 is 20.4 Å². The van der Waals surface area contributed by atoms with Crippen molar-refractivity contribution < 1.29 is 0 Å². The molecule has 0 bridgehead atoms. The third-order valence-corrected chi connectivity index (χ3v) is 5.79. The Labute approximate surface area is 58.8 Å². The van der Waals surface area contributed by atoms with Gasteiger partial charge in [0.2, 0.25) is 0 Å². The number of hydrogen-bond donors (Lipinski definition) is 0. The first-order valence-electron chi connectivity index (χ1n) is 3.41. The Balaban J connectivity index is 3.07. The molecule has 0 amide bonds. The topological polar surface area (TPSA) is 0 Å². The second kappa shape index (κ2) is 5.64. The lowest BCUT2D eigenvalue weighted by Crippen LogP contribution is -2.11. The highest BCUT2D eigenvalue weighted by Crippen LogP contribution is 2.03. The molecular formula is C6H15ClSi. The lowest BCUT2D eigenvalue weighted by atomic mass is 10.6. The van der Waals surface area contributed by atoms with Crippen molar-refractivity contribution in [2.24, 2.45) is 0 Å². The first-order chi connectivity index (χ1) is 3.85. The molecule has 0 radical (unpaired) electrons. The lowest BCUT2D eigenvalue weighted by molar-refractivity contribution is 1.05. The molecule has 1 unspecified atom stereocenters. The van der Waals surface area contributed by atoms with Crippen LogP contribution in [0.1, 0.15) is 20.3 Å². The first-order valence-corrected chi connectivity index (χ1v) is 6.39. The van der Waals surface area contributed by atoms with Gasteiger partial charge in [0.05, 0.1) is 8.80 Å². The molecule has 0 nitrogen and oxygen atoms in total. The molecule has 0 aliphatic carbocycles. The highest BCUT2D eigenvalue weighted by atomic mass is 35.5. The number of halogens is 1. The number of hydrogen-bond acceptors (Lipinski definition) is 0. The molecule has 0 aromatic rings. The quantitative estimate of drug-likeness (QED) is 0.427. The average Bonchev–Trinajstić information content (AvgIpc) is 1.83. The van der Waals surface area contributed by atoms with Gasteiger partial charge in [-0.15, -0.1) is 11.6 Å². The van der Waals surface area contributed by atoms with E-state index in [1.807, 2.05) is 0 Å². The Morgan fingerprint density at radius 1 is 1.38 bits per heavy atom. The molecule has 0 rings (SSSR count). The summed E-state index contributed by atoms with van der Waals surface area (Å²) in [7, 11) is -0.427. The van der Waals surface area contributed by atoms with E-state index >= 15 is 0 Å². The Kier molecular flexibility index (Phi) is 6.00. The molecule has 0 spiro atoms. The fourth-order valence-corrected chi connectivity index (χ4v) is 3.51. The normalized spacial score (nSPS) is 13.9. The van der Waals surface area contributed by atoms with Crippen molar-refractivity contribution in [3.05, 3.63) is 0 Å². The van der Waals surface area contributed by atoms with Gasteiger partial charge in [-0.2, -0.15) is 0 Å². The van der Waals surface area contributed by atoms with Gasteiger partial charge in [0, 0.05) is 5.50 Å². The van der Waals surface area contributed by atoms with Gasteiger partial charge in [-0.25, -0.2) is 0 Å². The second-order valence-corrected chi connectivity index (χ2v) is 6.58. The van der Waals surface area contributed by atoms with Crippen molar-refractivity contribution in [3.63, 3.8) is 0 Å². The fraction of sp³-hybridized carbons (Fsp3) is 1.00. The maximum Gasteiger partial charge on any atom is 0.0537 e. The molecule has 8 heavy (non-hydrogen) atoms. The van der Waals surface area contributed by atoms with E-state index in [1.54, 1.807) is 0 Å². The highest BCUT2D eigenvalue weighted by Gasteiger charge is 2.02. The molecule has 2 heteroatoms. The smallest absolute Gasteiger partial charge is 0.0537 e. The zero-order valence-corrected chi connectivity index (χ0v) is 7.69. The monoisotopic (exact) mass is 150 g/mol. The number of rotatable bonds is 4. The molecule has 0 aromatic carbocycles. The Bertz CT molecular complexity index is 43.8. The SMILES string of the molecule is CCC[SiH](CC)CCl. The summed E-state index contributed by atoms with van der Waals surface area (Å²) in [6, 6.07) is 2.80. The van der Waals surface area contributed by atoms with E-state index in [2.05, 4.69) is 13.8 Å². The Hall–Kier alpha value is 0.507. The standard InChI is InChI=1S/C6H15ClSi/c1-3-5-8(4-2)6-7/h8H,3-6H2,1-2H3. The van der Waals surface area contributed by atoms with Gasteiger partial charge in [-0.05, 0) is 0 Å². The molecule has 0 heterocycles. The summed E-state index contributed by atoms with van der Waals surface area (Å²) in [5.41, 5.74) is 0.977. The Morgan fingerprint density at radius 3 is 2.12 bits per heavy atom. The van der Waals surface area contributed by atoms with E-state index < -0.39 is 8.80 Å². The van der Waals surface area contributed by atoms with E-state index in [0.717, 1.165) is 5.50 Å². The van der Waals surface area contributed by atoms with E-state index in [1.165, 1.54) is 18.5 Å². The van der Waals surface area contributed by atoms with Crippen LogP contribution in [-0.4, -0.2) is 14.3 Å². The van der Waals surface area contributed by atoms with Crippen molar-refractivity contribution in [2.75, 3.05) is 5.50 Å². The molecular weight excluding hydrogens is 136 g/mol. The van der Waals surface area contributed by atoms with Gasteiger partial charge in [-0.3, -0.25) is 0 Å². The third-order valence-electron chi connectivity index (χ3n) is 1.49. The molecule has 0 aromatic heterocycles. The van der Waals surface area contributed by atoms with Crippen molar-refractivity contribution in [3.8, 4) is 0 Å².